The maximum atomic E-state index is 13.9. The standard InChI is InChI=1S/C25H29N4O5/c1-15(2)9-22(28-14-17-5-3-4-6-19(17)23(28)30)24(31)26-11-16-10-18(13-26)20-7-8-21(29(33)34)25(32)27(20)12-16/h3-8,15-16,18,22,33H,9-14H2,1-2H3/q-1. The highest BCUT2D eigenvalue weighted by atomic mass is 16.8. The summed E-state index contributed by atoms with van der Waals surface area (Å²) in [5, 5.41) is 20.1. The van der Waals surface area contributed by atoms with Crippen LogP contribution < -0.4 is 10.8 Å². The van der Waals surface area contributed by atoms with Crippen LogP contribution in [0.3, 0.4) is 0 Å². The number of pyridine rings is 1. The SMILES string of the molecule is CC(C)CC(C(=O)N1CC2CC(C1)c1ccc(N([O-])O)c(=O)n1C2)N1Cc2ccccc2C1=O. The van der Waals surface area contributed by atoms with Gasteiger partial charge in [0.2, 0.25) is 5.91 Å². The zero-order valence-electron chi connectivity index (χ0n) is 19.4. The molecule has 3 aliphatic heterocycles. The molecule has 3 aliphatic rings. The average Bonchev–Trinajstić information content (AvgIpc) is 3.13. The van der Waals surface area contributed by atoms with Gasteiger partial charge in [0.25, 0.3) is 11.5 Å². The van der Waals surface area contributed by atoms with Gasteiger partial charge in [0.1, 0.15) is 11.7 Å². The number of hydrogen-bond acceptors (Lipinski definition) is 6. The molecule has 9 nitrogen and oxygen atoms in total. The first-order valence-corrected chi connectivity index (χ1v) is 11.8. The average molecular weight is 466 g/mol. The Morgan fingerprint density at radius 2 is 1.91 bits per heavy atom. The number of nitrogens with zero attached hydrogens (tertiary/aromatic N) is 4. The summed E-state index contributed by atoms with van der Waals surface area (Å²) in [5.41, 5.74) is 1.57. The molecular weight excluding hydrogens is 436 g/mol. The van der Waals surface area contributed by atoms with Gasteiger partial charge in [-0.3, -0.25) is 19.6 Å². The Balaban J connectivity index is 1.41. The highest BCUT2D eigenvalue weighted by Gasteiger charge is 2.42. The normalized spacial score (nSPS) is 22.0. The molecule has 3 atom stereocenters. The van der Waals surface area contributed by atoms with Crippen molar-refractivity contribution in [1.29, 1.82) is 0 Å². The molecule has 2 aromatic rings. The van der Waals surface area contributed by atoms with Crippen LogP contribution in [-0.2, 0) is 17.9 Å². The fourth-order valence-corrected chi connectivity index (χ4v) is 5.81. The Labute approximate surface area is 197 Å². The van der Waals surface area contributed by atoms with Gasteiger partial charge >= 0.3 is 0 Å². The number of carbonyl (C=O) groups excluding carboxylic acids is 2. The van der Waals surface area contributed by atoms with E-state index in [9.17, 15) is 24.8 Å². The lowest BCUT2D eigenvalue weighted by Crippen LogP contribution is -2.55. The van der Waals surface area contributed by atoms with Gasteiger partial charge in [0, 0.05) is 43.4 Å². The predicted octanol–water partition coefficient (Wildman–Crippen LogP) is 2.56. The smallest absolute Gasteiger partial charge is 0.275 e. The van der Waals surface area contributed by atoms with Crippen molar-refractivity contribution in [1.82, 2.24) is 14.4 Å². The van der Waals surface area contributed by atoms with Gasteiger partial charge in [0.15, 0.2) is 0 Å². The zero-order valence-corrected chi connectivity index (χ0v) is 19.4. The number of likely N-dealkylation sites (tertiary alicyclic amines) is 1. The molecule has 0 saturated carbocycles. The number of fused-ring (bicyclic) bond motifs is 5. The fraction of sp³-hybridized carbons (Fsp3) is 0.480. The molecule has 3 unspecified atom stereocenters. The van der Waals surface area contributed by atoms with Crippen molar-refractivity contribution in [2.24, 2.45) is 11.8 Å². The van der Waals surface area contributed by atoms with Crippen LogP contribution in [0.25, 0.3) is 0 Å². The predicted molar refractivity (Wildman–Crippen MR) is 125 cm³/mol. The van der Waals surface area contributed by atoms with Gasteiger partial charge in [-0.05, 0) is 48.4 Å². The Morgan fingerprint density at radius 3 is 2.62 bits per heavy atom. The molecule has 2 amide bonds. The van der Waals surface area contributed by atoms with Gasteiger partial charge in [-0.1, -0.05) is 32.0 Å². The van der Waals surface area contributed by atoms with Crippen molar-refractivity contribution in [3.8, 4) is 0 Å². The Morgan fingerprint density at radius 1 is 1.15 bits per heavy atom. The maximum Gasteiger partial charge on any atom is 0.275 e. The third kappa shape index (κ3) is 3.78. The van der Waals surface area contributed by atoms with E-state index >= 15 is 0 Å². The molecule has 0 aliphatic carbocycles. The van der Waals surface area contributed by atoms with Crippen LogP contribution in [0.2, 0.25) is 0 Å². The summed E-state index contributed by atoms with van der Waals surface area (Å²) >= 11 is 0. The molecule has 1 saturated heterocycles. The molecule has 5 rings (SSSR count). The second-order valence-electron chi connectivity index (χ2n) is 10.1. The molecule has 180 valence electrons. The summed E-state index contributed by atoms with van der Waals surface area (Å²) in [6.07, 6.45) is 1.44. The van der Waals surface area contributed by atoms with Gasteiger partial charge in [0.05, 0.1) is 0 Å². The number of piperidine rings is 1. The summed E-state index contributed by atoms with van der Waals surface area (Å²) in [6.45, 7) is 5.89. The molecule has 4 heterocycles. The van der Waals surface area contributed by atoms with Gasteiger partial charge < -0.3 is 24.8 Å². The number of amides is 2. The summed E-state index contributed by atoms with van der Waals surface area (Å²) < 4.78 is 1.56. The molecule has 2 bridgehead atoms. The van der Waals surface area contributed by atoms with Crippen molar-refractivity contribution in [2.45, 2.75) is 51.7 Å². The second kappa shape index (κ2) is 8.56. The summed E-state index contributed by atoms with van der Waals surface area (Å²) in [5.74, 6) is 0.123. The summed E-state index contributed by atoms with van der Waals surface area (Å²) in [6, 6.07) is 10.0. The van der Waals surface area contributed by atoms with Crippen molar-refractivity contribution in [3.63, 3.8) is 0 Å². The topological polar surface area (TPSA) is 109 Å². The first kappa shape index (κ1) is 22.6. The number of rotatable bonds is 5. The Kier molecular flexibility index (Phi) is 5.69. The Bertz CT molecular complexity index is 1190. The monoisotopic (exact) mass is 465 g/mol. The van der Waals surface area contributed by atoms with E-state index in [1.807, 2.05) is 29.2 Å². The van der Waals surface area contributed by atoms with E-state index in [-0.39, 0.29) is 35.3 Å². The fourth-order valence-electron chi connectivity index (χ4n) is 5.81. The van der Waals surface area contributed by atoms with E-state index in [1.54, 1.807) is 15.5 Å². The molecule has 0 spiro atoms. The second-order valence-corrected chi connectivity index (χ2v) is 10.1. The molecule has 1 fully saturated rings. The van der Waals surface area contributed by atoms with E-state index in [4.69, 9.17) is 0 Å². The molecule has 1 N–H and O–H groups in total. The molecule has 9 heteroatoms. The van der Waals surface area contributed by atoms with Crippen LogP contribution in [0.15, 0.2) is 41.2 Å². The quantitative estimate of drug-likeness (QED) is 0.680. The third-order valence-electron chi connectivity index (χ3n) is 7.31. The summed E-state index contributed by atoms with van der Waals surface area (Å²) in [4.78, 5) is 43.3. The van der Waals surface area contributed by atoms with Crippen LogP contribution in [0, 0.1) is 17.0 Å². The summed E-state index contributed by atoms with van der Waals surface area (Å²) in [7, 11) is 0. The largest absolute Gasteiger partial charge is 0.733 e. The van der Waals surface area contributed by atoms with Crippen LogP contribution in [-0.4, -0.2) is 50.5 Å². The lowest BCUT2D eigenvalue weighted by molar-refractivity contribution is -0.139. The minimum Gasteiger partial charge on any atom is -0.733 e. The molecule has 1 aromatic carbocycles. The van der Waals surface area contributed by atoms with Gasteiger partial charge in [-0.15, -0.1) is 0 Å². The highest BCUT2D eigenvalue weighted by Crippen LogP contribution is 2.37. The molecular formula is C25H29N4O5-. The zero-order chi connectivity index (χ0) is 24.1. The van der Waals surface area contributed by atoms with Gasteiger partial charge in [-0.2, -0.15) is 0 Å². The van der Waals surface area contributed by atoms with E-state index in [0.29, 0.717) is 38.2 Å². The van der Waals surface area contributed by atoms with Crippen LogP contribution in [0.1, 0.15) is 54.2 Å². The molecule has 1 aromatic heterocycles. The molecule has 0 radical (unpaired) electrons. The van der Waals surface area contributed by atoms with Crippen LogP contribution in [0.5, 0.6) is 0 Å². The maximum absolute atomic E-state index is 13.9. The first-order chi connectivity index (χ1) is 16.2. The lowest BCUT2D eigenvalue weighted by atomic mass is 9.82. The Hall–Kier alpha value is -3.17. The minimum atomic E-state index is -0.535. The lowest BCUT2D eigenvalue weighted by Gasteiger charge is -2.44. The van der Waals surface area contributed by atoms with Crippen molar-refractivity contribution in [3.05, 3.63) is 68.8 Å². The van der Waals surface area contributed by atoms with E-state index in [1.165, 1.54) is 6.07 Å². The first-order valence-electron chi connectivity index (χ1n) is 11.8. The number of benzene rings is 1. The van der Waals surface area contributed by atoms with E-state index in [0.717, 1.165) is 17.7 Å². The minimum absolute atomic E-state index is 0.0387. The van der Waals surface area contributed by atoms with Crippen LogP contribution >= 0.6 is 0 Å². The number of aromatic nitrogens is 1. The van der Waals surface area contributed by atoms with Crippen molar-refractivity contribution in [2.75, 3.05) is 18.3 Å². The molecule has 34 heavy (non-hydrogen) atoms. The van der Waals surface area contributed by atoms with Crippen molar-refractivity contribution < 1.29 is 14.8 Å². The van der Waals surface area contributed by atoms with Gasteiger partial charge in [-0.25, -0.2) is 0 Å². The number of carbonyl (C=O) groups is 2. The van der Waals surface area contributed by atoms with Crippen LogP contribution in [0.4, 0.5) is 5.69 Å². The number of hydrogen-bond donors (Lipinski definition) is 1. The number of anilines is 1. The van der Waals surface area contributed by atoms with E-state index in [2.05, 4.69) is 13.8 Å². The third-order valence-corrected chi connectivity index (χ3v) is 7.31. The highest BCUT2D eigenvalue weighted by molar-refractivity contribution is 6.01. The van der Waals surface area contributed by atoms with Crippen molar-refractivity contribution >= 4 is 17.5 Å². The van der Waals surface area contributed by atoms with E-state index < -0.39 is 16.8 Å².